The van der Waals surface area contributed by atoms with Gasteiger partial charge in [0, 0.05) is 20.2 Å². The third-order valence-corrected chi connectivity index (χ3v) is 2.78. The Bertz CT molecular complexity index is 597. The van der Waals surface area contributed by atoms with Crippen LogP contribution < -0.4 is 5.32 Å². The van der Waals surface area contributed by atoms with Crippen LogP contribution in [-0.2, 0) is 4.79 Å². The number of carbonyl (C=O) groups is 1. The molecular formula is C12H16N4O5. The van der Waals surface area contributed by atoms with Gasteiger partial charge in [-0.05, 0) is 19.9 Å². The Labute approximate surface area is 120 Å². The number of non-ortho nitro benzene ring substituents is 1. The number of amides is 1. The third kappa shape index (κ3) is 3.65. The van der Waals surface area contributed by atoms with E-state index < -0.39 is 21.1 Å². The molecule has 1 aromatic carbocycles. The highest BCUT2D eigenvalue weighted by atomic mass is 16.6. The SMILES string of the molecule is CN(C)C(=O)C(C)(C)Nc1ccc([N+](=O)[O-])cc1[N+](=O)[O-]. The Morgan fingerprint density at radius 1 is 1.19 bits per heavy atom. The van der Waals surface area contributed by atoms with Crippen LogP contribution in [0.25, 0.3) is 0 Å². The lowest BCUT2D eigenvalue weighted by molar-refractivity contribution is -0.393. The summed E-state index contributed by atoms with van der Waals surface area (Å²) >= 11 is 0. The first-order valence-electron chi connectivity index (χ1n) is 5.99. The fraction of sp³-hybridized carbons (Fsp3) is 0.417. The summed E-state index contributed by atoms with van der Waals surface area (Å²) in [6.07, 6.45) is 0. The molecule has 0 unspecified atom stereocenters. The second kappa shape index (κ2) is 5.73. The molecular weight excluding hydrogens is 280 g/mol. The highest BCUT2D eigenvalue weighted by Crippen LogP contribution is 2.31. The van der Waals surface area contributed by atoms with Crippen molar-refractivity contribution >= 4 is 23.0 Å². The molecule has 0 aliphatic carbocycles. The van der Waals surface area contributed by atoms with Crippen molar-refractivity contribution in [2.45, 2.75) is 19.4 Å². The van der Waals surface area contributed by atoms with E-state index in [2.05, 4.69) is 5.32 Å². The van der Waals surface area contributed by atoms with E-state index in [1.807, 2.05) is 0 Å². The van der Waals surface area contributed by atoms with Gasteiger partial charge in [-0.25, -0.2) is 0 Å². The molecule has 0 aromatic heterocycles. The van der Waals surface area contributed by atoms with E-state index >= 15 is 0 Å². The predicted molar refractivity (Wildman–Crippen MR) is 76.1 cm³/mol. The van der Waals surface area contributed by atoms with Crippen molar-refractivity contribution in [3.63, 3.8) is 0 Å². The highest BCUT2D eigenvalue weighted by Gasteiger charge is 2.32. The summed E-state index contributed by atoms with van der Waals surface area (Å²) in [6, 6.07) is 3.23. The number of rotatable bonds is 5. The molecule has 114 valence electrons. The molecule has 0 heterocycles. The van der Waals surface area contributed by atoms with Gasteiger partial charge in [0.2, 0.25) is 5.91 Å². The van der Waals surface area contributed by atoms with Crippen molar-refractivity contribution in [2.24, 2.45) is 0 Å². The van der Waals surface area contributed by atoms with Gasteiger partial charge in [0.25, 0.3) is 11.4 Å². The summed E-state index contributed by atoms with van der Waals surface area (Å²) in [5.41, 5.74) is -1.89. The maximum atomic E-state index is 12.0. The fourth-order valence-corrected chi connectivity index (χ4v) is 1.84. The second-order valence-electron chi connectivity index (χ2n) is 5.17. The number of benzene rings is 1. The van der Waals surface area contributed by atoms with Gasteiger partial charge in [-0.15, -0.1) is 0 Å². The second-order valence-corrected chi connectivity index (χ2v) is 5.17. The lowest BCUT2D eigenvalue weighted by Crippen LogP contribution is -2.47. The van der Waals surface area contributed by atoms with Crippen LogP contribution in [0.4, 0.5) is 17.1 Å². The first-order chi connectivity index (χ1) is 9.56. The van der Waals surface area contributed by atoms with Gasteiger partial charge in [-0.1, -0.05) is 0 Å². The van der Waals surface area contributed by atoms with Crippen molar-refractivity contribution in [1.82, 2.24) is 4.90 Å². The van der Waals surface area contributed by atoms with Gasteiger partial charge in [0.05, 0.1) is 15.9 Å². The van der Waals surface area contributed by atoms with Crippen LogP contribution >= 0.6 is 0 Å². The van der Waals surface area contributed by atoms with Crippen molar-refractivity contribution in [3.8, 4) is 0 Å². The minimum absolute atomic E-state index is 0.0470. The molecule has 1 amide bonds. The quantitative estimate of drug-likeness (QED) is 0.653. The Hall–Kier alpha value is -2.71. The molecule has 1 aromatic rings. The number of hydrogen-bond acceptors (Lipinski definition) is 6. The maximum Gasteiger partial charge on any atom is 0.299 e. The van der Waals surface area contributed by atoms with Gasteiger partial charge < -0.3 is 10.2 Å². The van der Waals surface area contributed by atoms with Crippen molar-refractivity contribution in [3.05, 3.63) is 38.4 Å². The molecule has 1 N–H and O–H groups in total. The van der Waals surface area contributed by atoms with E-state index in [0.717, 1.165) is 12.1 Å². The average Bonchev–Trinajstić information content (AvgIpc) is 2.37. The summed E-state index contributed by atoms with van der Waals surface area (Å²) in [6.45, 7) is 3.14. The molecule has 0 spiro atoms. The van der Waals surface area contributed by atoms with Crippen LogP contribution in [0, 0.1) is 20.2 Å². The molecule has 0 fully saturated rings. The third-order valence-electron chi connectivity index (χ3n) is 2.78. The number of hydrogen-bond donors (Lipinski definition) is 1. The van der Waals surface area contributed by atoms with Crippen LogP contribution in [-0.4, -0.2) is 40.3 Å². The van der Waals surface area contributed by atoms with Gasteiger partial charge in [0.15, 0.2) is 0 Å². The number of carbonyl (C=O) groups excluding carboxylic acids is 1. The first kappa shape index (κ1) is 16.3. The molecule has 0 aliphatic rings. The molecule has 0 radical (unpaired) electrons. The minimum Gasteiger partial charge on any atom is -0.366 e. The van der Waals surface area contributed by atoms with Gasteiger partial charge in [0.1, 0.15) is 11.2 Å². The Morgan fingerprint density at radius 2 is 1.76 bits per heavy atom. The lowest BCUT2D eigenvalue weighted by Gasteiger charge is -2.28. The molecule has 9 heteroatoms. The smallest absolute Gasteiger partial charge is 0.299 e. The Balaban J connectivity index is 3.22. The molecule has 1 rings (SSSR count). The standard InChI is InChI=1S/C12H16N4O5/c1-12(2,11(17)14(3)4)13-9-6-5-8(15(18)19)7-10(9)16(20)21/h5-7,13H,1-4H3. The molecule has 21 heavy (non-hydrogen) atoms. The van der Waals surface area contributed by atoms with Crippen molar-refractivity contribution in [1.29, 1.82) is 0 Å². The van der Waals surface area contributed by atoms with E-state index in [9.17, 15) is 25.0 Å². The molecule has 9 nitrogen and oxygen atoms in total. The maximum absolute atomic E-state index is 12.0. The minimum atomic E-state index is -1.09. The number of likely N-dealkylation sites (N-methyl/N-ethyl adjacent to an activating group) is 1. The molecule has 0 bridgehead atoms. The van der Waals surface area contributed by atoms with E-state index in [1.165, 1.54) is 11.0 Å². The van der Waals surface area contributed by atoms with Crippen LogP contribution in [0.3, 0.4) is 0 Å². The van der Waals surface area contributed by atoms with E-state index in [1.54, 1.807) is 27.9 Å². The van der Waals surface area contributed by atoms with Gasteiger partial charge >= 0.3 is 0 Å². The monoisotopic (exact) mass is 296 g/mol. The van der Waals surface area contributed by atoms with Gasteiger partial charge in [-0.2, -0.15) is 0 Å². The normalized spacial score (nSPS) is 10.9. The van der Waals surface area contributed by atoms with Crippen LogP contribution in [0.15, 0.2) is 18.2 Å². The molecule has 0 aliphatic heterocycles. The topological polar surface area (TPSA) is 119 Å². The number of nitrogens with one attached hydrogen (secondary N) is 1. The van der Waals surface area contributed by atoms with E-state index in [-0.39, 0.29) is 17.3 Å². The van der Waals surface area contributed by atoms with Crippen molar-refractivity contribution < 1.29 is 14.6 Å². The van der Waals surface area contributed by atoms with E-state index in [0.29, 0.717) is 0 Å². The van der Waals surface area contributed by atoms with Crippen LogP contribution in [0.2, 0.25) is 0 Å². The molecule has 0 atom stereocenters. The summed E-state index contributed by atoms with van der Waals surface area (Å²) in [4.78, 5) is 33.6. The summed E-state index contributed by atoms with van der Waals surface area (Å²) < 4.78 is 0. The van der Waals surface area contributed by atoms with Crippen LogP contribution in [0.5, 0.6) is 0 Å². The Kier molecular flexibility index (Phi) is 4.46. The lowest BCUT2D eigenvalue weighted by atomic mass is 10.0. The molecule has 0 saturated carbocycles. The zero-order valence-corrected chi connectivity index (χ0v) is 12.1. The van der Waals surface area contributed by atoms with Gasteiger partial charge in [-0.3, -0.25) is 25.0 Å². The fourth-order valence-electron chi connectivity index (χ4n) is 1.84. The molecule has 0 saturated heterocycles. The predicted octanol–water partition coefficient (Wildman–Crippen LogP) is 1.78. The number of nitrogens with zero attached hydrogens (tertiary/aromatic N) is 3. The number of anilines is 1. The highest BCUT2D eigenvalue weighted by molar-refractivity contribution is 5.89. The summed E-state index contributed by atoms with van der Waals surface area (Å²) in [5, 5.41) is 24.5. The largest absolute Gasteiger partial charge is 0.366 e. The first-order valence-corrected chi connectivity index (χ1v) is 5.99. The van der Waals surface area contributed by atoms with Crippen molar-refractivity contribution in [2.75, 3.05) is 19.4 Å². The average molecular weight is 296 g/mol. The Morgan fingerprint density at radius 3 is 2.19 bits per heavy atom. The number of nitro benzene ring substituents is 2. The summed E-state index contributed by atoms with van der Waals surface area (Å²) in [5.74, 6) is -0.282. The summed E-state index contributed by atoms with van der Waals surface area (Å²) in [7, 11) is 3.13. The van der Waals surface area contributed by atoms with Crippen LogP contribution in [0.1, 0.15) is 13.8 Å². The van der Waals surface area contributed by atoms with E-state index in [4.69, 9.17) is 0 Å². The number of nitro groups is 2. The zero-order valence-electron chi connectivity index (χ0n) is 12.1. The zero-order chi connectivity index (χ0) is 16.4.